The van der Waals surface area contributed by atoms with Crippen LogP contribution in [0.15, 0.2) is 77.7 Å². The van der Waals surface area contributed by atoms with Crippen LogP contribution in [0.25, 0.3) is 0 Å². The van der Waals surface area contributed by atoms with Gasteiger partial charge in [0.05, 0.1) is 10.6 Å². The molecule has 212 valence electrons. The zero-order chi connectivity index (χ0) is 28.7. The highest BCUT2D eigenvalue weighted by Crippen LogP contribution is 2.36. The molecule has 11 heteroatoms. The van der Waals surface area contributed by atoms with Gasteiger partial charge < -0.3 is 19.7 Å². The number of hydrogen-bond acceptors (Lipinski definition) is 6. The standard InChI is InChI=1S/C29H32FN3O6S/c1-3-15-31-29(35)21(2)32(19-22-9-7-8-12-25(22)30)28(34)20-33(40(36,37)24-10-5-4-6-11-24)23-13-14-26-27(18-23)39-17-16-38-26/h4-14,18,21H,3,15-17,19-20H2,1-2H3,(H,31,35). The van der Waals surface area contributed by atoms with Crippen LogP contribution in [0.2, 0.25) is 0 Å². The van der Waals surface area contributed by atoms with E-state index in [9.17, 15) is 22.4 Å². The van der Waals surface area contributed by atoms with Crippen molar-refractivity contribution in [3.05, 3.63) is 84.2 Å². The number of carbonyl (C=O) groups excluding carboxylic acids is 2. The molecule has 0 aliphatic carbocycles. The maximum Gasteiger partial charge on any atom is 0.264 e. The number of nitrogens with zero attached hydrogens (tertiary/aromatic N) is 2. The molecule has 2 amide bonds. The van der Waals surface area contributed by atoms with Crippen LogP contribution in [-0.4, -0.2) is 57.5 Å². The molecule has 4 rings (SSSR count). The molecule has 1 heterocycles. The highest BCUT2D eigenvalue weighted by Gasteiger charge is 2.33. The van der Waals surface area contributed by atoms with Gasteiger partial charge in [0.2, 0.25) is 11.8 Å². The lowest BCUT2D eigenvalue weighted by molar-refractivity contribution is -0.139. The number of rotatable bonds is 11. The van der Waals surface area contributed by atoms with Crippen molar-refractivity contribution < 1.29 is 31.9 Å². The van der Waals surface area contributed by atoms with Crippen LogP contribution in [0.3, 0.4) is 0 Å². The Labute approximate surface area is 233 Å². The second-order valence-corrected chi connectivity index (χ2v) is 11.1. The summed E-state index contributed by atoms with van der Waals surface area (Å²) in [5.74, 6) is -0.844. The summed E-state index contributed by atoms with van der Waals surface area (Å²) in [7, 11) is -4.24. The molecule has 1 aliphatic heterocycles. The summed E-state index contributed by atoms with van der Waals surface area (Å²) in [5, 5.41) is 2.75. The summed E-state index contributed by atoms with van der Waals surface area (Å²) in [4.78, 5) is 28.0. The maximum absolute atomic E-state index is 14.6. The molecule has 3 aromatic carbocycles. The Morgan fingerprint density at radius 3 is 2.35 bits per heavy atom. The molecule has 1 atom stereocenters. The van der Waals surface area contributed by atoms with Gasteiger partial charge >= 0.3 is 0 Å². The number of sulfonamides is 1. The molecule has 0 saturated heterocycles. The van der Waals surface area contributed by atoms with Gasteiger partial charge in [-0.15, -0.1) is 0 Å². The molecule has 9 nitrogen and oxygen atoms in total. The first-order valence-electron chi connectivity index (χ1n) is 13.0. The minimum atomic E-state index is -4.24. The molecule has 0 saturated carbocycles. The number of hydrogen-bond donors (Lipinski definition) is 1. The molecule has 0 radical (unpaired) electrons. The number of carbonyl (C=O) groups is 2. The van der Waals surface area contributed by atoms with Crippen LogP contribution in [0, 0.1) is 5.82 Å². The van der Waals surface area contributed by atoms with Gasteiger partial charge in [0.1, 0.15) is 31.6 Å². The predicted octanol–water partition coefficient (Wildman–Crippen LogP) is 3.74. The number of nitrogens with one attached hydrogen (secondary N) is 1. The Hall–Kier alpha value is -4.12. The normalized spacial score (nSPS) is 13.3. The third-order valence-electron chi connectivity index (χ3n) is 6.44. The van der Waals surface area contributed by atoms with Crippen molar-refractivity contribution in [3.63, 3.8) is 0 Å². The third-order valence-corrected chi connectivity index (χ3v) is 8.23. The first kappa shape index (κ1) is 28.9. The van der Waals surface area contributed by atoms with Gasteiger partial charge in [-0.1, -0.05) is 43.3 Å². The van der Waals surface area contributed by atoms with Crippen LogP contribution in [0.5, 0.6) is 11.5 Å². The number of amides is 2. The van der Waals surface area contributed by atoms with Crippen molar-refractivity contribution in [2.24, 2.45) is 0 Å². The average molecular weight is 570 g/mol. The van der Waals surface area contributed by atoms with E-state index in [1.807, 2.05) is 6.92 Å². The summed E-state index contributed by atoms with van der Waals surface area (Å²) < 4.78 is 54.5. The zero-order valence-corrected chi connectivity index (χ0v) is 23.2. The second-order valence-electron chi connectivity index (χ2n) is 9.23. The Morgan fingerprint density at radius 2 is 1.65 bits per heavy atom. The zero-order valence-electron chi connectivity index (χ0n) is 22.4. The van der Waals surface area contributed by atoms with E-state index in [4.69, 9.17) is 9.47 Å². The third kappa shape index (κ3) is 6.53. The fraction of sp³-hybridized carbons (Fsp3) is 0.310. The second kappa shape index (κ2) is 12.8. The fourth-order valence-electron chi connectivity index (χ4n) is 4.22. The van der Waals surface area contributed by atoms with E-state index in [0.717, 1.165) is 4.31 Å². The van der Waals surface area contributed by atoms with Crippen molar-refractivity contribution in [1.29, 1.82) is 0 Å². The lowest BCUT2D eigenvalue weighted by Crippen LogP contribution is -2.51. The first-order chi connectivity index (χ1) is 19.2. The van der Waals surface area contributed by atoms with E-state index >= 15 is 0 Å². The van der Waals surface area contributed by atoms with Crippen LogP contribution in [0.1, 0.15) is 25.8 Å². The van der Waals surface area contributed by atoms with Crippen molar-refractivity contribution in [2.45, 2.75) is 37.8 Å². The molecular formula is C29H32FN3O6S. The lowest BCUT2D eigenvalue weighted by atomic mass is 10.1. The molecule has 1 aliphatic rings. The number of benzene rings is 3. The fourth-order valence-corrected chi connectivity index (χ4v) is 5.65. The topological polar surface area (TPSA) is 105 Å². The van der Waals surface area contributed by atoms with Crippen LogP contribution in [-0.2, 0) is 26.2 Å². The van der Waals surface area contributed by atoms with Gasteiger partial charge in [0, 0.05) is 24.7 Å². The van der Waals surface area contributed by atoms with Crippen LogP contribution < -0.4 is 19.1 Å². The maximum atomic E-state index is 14.6. The molecule has 1 N–H and O–H groups in total. The minimum Gasteiger partial charge on any atom is -0.486 e. The minimum absolute atomic E-state index is 0.0212. The van der Waals surface area contributed by atoms with E-state index < -0.39 is 40.2 Å². The summed E-state index contributed by atoms with van der Waals surface area (Å²) in [6, 6.07) is 17.3. The molecule has 0 bridgehead atoms. The van der Waals surface area contributed by atoms with Crippen molar-refractivity contribution in [3.8, 4) is 11.5 Å². The summed E-state index contributed by atoms with van der Waals surface area (Å²) in [5.41, 5.74) is 0.373. The van der Waals surface area contributed by atoms with E-state index in [2.05, 4.69) is 5.32 Å². The van der Waals surface area contributed by atoms with Gasteiger partial charge in [-0.05, 0) is 43.7 Å². The molecular weight excluding hydrogens is 537 g/mol. The van der Waals surface area contributed by atoms with Gasteiger partial charge in [-0.2, -0.15) is 0 Å². The van der Waals surface area contributed by atoms with E-state index in [1.54, 1.807) is 30.3 Å². The van der Waals surface area contributed by atoms with Gasteiger partial charge in [0.15, 0.2) is 11.5 Å². The van der Waals surface area contributed by atoms with Crippen molar-refractivity contribution >= 4 is 27.5 Å². The van der Waals surface area contributed by atoms with Crippen LogP contribution in [0.4, 0.5) is 10.1 Å². The molecule has 1 unspecified atom stereocenters. The molecule has 40 heavy (non-hydrogen) atoms. The Bertz CT molecular complexity index is 1450. The van der Waals surface area contributed by atoms with E-state index in [-0.39, 0.29) is 22.7 Å². The quantitative estimate of drug-likeness (QED) is 0.377. The van der Waals surface area contributed by atoms with Gasteiger partial charge in [-0.3, -0.25) is 13.9 Å². The van der Waals surface area contributed by atoms with Crippen molar-refractivity contribution in [1.82, 2.24) is 10.2 Å². The van der Waals surface area contributed by atoms with Crippen molar-refractivity contribution in [2.75, 3.05) is 30.6 Å². The number of ether oxygens (including phenoxy) is 2. The Morgan fingerprint density at radius 1 is 0.975 bits per heavy atom. The average Bonchev–Trinajstić information content (AvgIpc) is 2.97. The molecule has 0 spiro atoms. The highest BCUT2D eigenvalue weighted by atomic mass is 32.2. The van der Waals surface area contributed by atoms with E-state index in [0.29, 0.717) is 37.7 Å². The summed E-state index contributed by atoms with van der Waals surface area (Å²) in [6.45, 7) is 3.61. The molecule has 0 aromatic heterocycles. The molecule has 0 fully saturated rings. The summed E-state index contributed by atoms with van der Waals surface area (Å²) >= 11 is 0. The van der Waals surface area contributed by atoms with E-state index in [1.165, 1.54) is 54.3 Å². The number of fused-ring (bicyclic) bond motifs is 1. The largest absolute Gasteiger partial charge is 0.486 e. The predicted molar refractivity (Wildman–Crippen MR) is 148 cm³/mol. The smallest absolute Gasteiger partial charge is 0.264 e. The monoisotopic (exact) mass is 569 g/mol. The Balaban J connectivity index is 1.73. The van der Waals surface area contributed by atoms with Crippen LogP contribution >= 0.6 is 0 Å². The highest BCUT2D eigenvalue weighted by molar-refractivity contribution is 7.92. The molecule has 3 aromatic rings. The Kier molecular flexibility index (Phi) is 9.26. The number of anilines is 1. The lowest BCUT2D eigenvalue weighted by Gasteiger charge is -2.32. The first-order valence-corrected chi connectivity index (χ1v) is 14.4. The number of halogens is 1. The van der Waals surface area contributed by atoms with Gasteiger partial charge in [-0.25, -0.2) is 12.8 Å². The van der Waals surface area contributed by atoms with Gasteiger partial charge in [0.25, 0.3) is 10.0 Å². The summed E-state index contributed by atoms with van der Waals surface area (Å²) in [6.07, 6.45) is 0.687. The SMILES string of the molecule is CCCNC(=O)C(C)N(Cc1ccccc1F)C(=O)CN(c1ccc2c(c1)OCCO2)S(=O)(=O)c1ccccc1.